The van der Waals surface area contributed by atoms with Gasteiger partial charge < -0.3 is 4.79 Å². The molecule has 1 nitrogen and oxygen atoms in total. The molecule has 0 aromatic heterocycles. The molecule has 0 amide bonds. The predicted octanol–water partition coefficient (Wildman–Crippen LogP) is 3.67. The molecule has 0 spiro atoms. The molecule has 4 aliphatic rings. The summed E-state index contributed by atoms with van der Waals surface area (Å²) in [5, 5.41) is 0. The van der Waals surface area contributed by atoms with Crippen LogP contribution in [0.5, 0.6) is 0 Å². The highest BCUT2D eigenvalue weighted by molar-refractivity contribution is 5.52. The van der Waals surface area contributed by atoms with Crippen molar-refractivity contribution in [3.63, 3.8) is 0 Å². The Morgan fingerprint density at radius 3 is 2.38 bits per heavy atom. The normalized spacial score (nSPS) is 54.1. The Morgan fingerprint density at radius 2 is 1.94 bits per heavy atom. The van der Waals surface area contributed by atoms with E-state index in [-0.39, 0.29) is 5.92 Å². The van der Waals surface area contributed by atoms with Crippen molar-refractivity contribution < 1.29 is 4.79 Å². The lowest BCUT2D eigenvalue weighted by atomic mass is 9.70. The van der Waals surface area contributed by atoms with Gasteiger partial charge in [0.15, 0.2) is 0 Å². The smallest absolute Gasteiger partial charge is 0.122 e. The molecule has 0 aromatic carbocycles. The Bertz CT molecular complexity index is 309. The summed E-state index contributed by atoms with van der Waals surface area (Å²) in [4.78, 5) is 10.6. The molecular weight excluding hydrogens is 196 g/mol. The SMILES string of the molecule is CC(C=O)CCCC1(C)C2CC3C(C2)C31C. The summed E-state index contributed by atoms with van der Waals surface area (Å²) in [5.41, 5.74) is 1.31. The van der Waals surface area contributed by atoms with Crippen molar-refractivity contribution in [2.24, 2.45) is 34.5 Å². The molecule has 0 N–H and O–H groups in total. The van der Waals surface area contributed by atoms with Crippen molar-refractivity contribution >= 4 is 6.29 Å². The van der Waals surface area contributed by atoms with Crippen molar-refractivity contribution in [3.8, 4) is 0 Å². The quantitative estimate of drug-likeness (QED) is 0.646. The van der Waals surface area contributed by atoms with Crippen molar-refractivity contribution in [1.82, 2.24) is 0 Å². The topological polar surface area (TPSA) is 17.1 Å². The first-order chi connectivity index (χ1) is 7.54. The van der Waals surface area contributed by atoms with E-state index in [0.29, 0.717) is 10.8 Å². The Labute approximate surface area is 99.0 Å². The number of aldehydes is 1. The van der Waals surface area contributed by atoms with Crippen LogP contribution in [0, 0.1) is 34.5 Å². The molecular formula is C15H24O. The van der Waals surface area contributed by atoms with Crippen LogP contribution in [0.4, 0.5) is 0 Å². The fraction of sp³-hybridized carbons (Fsp3) is 0.933. The van der Waals surface area contributed by atoms with Gasteiger partial charge in [-0.25, -0.2) is 0 Å². The first-order valence-electron chi connectivity index (χ1n) is 6.99. The maximum atomic E-state index is 10.6. The van der Waals surface area contributed by atoms with E-state index in [9.17, 15) is 4.79 Å². The average molecular weight is 220 g/mol. The van der Waals surface area contributed by atoms with Crippen LogP contribution in [0.2, 0.25) is 0 Å². The third-order valence-corrected chi connectivity index (χ3v) is 6.71. The second kappa shape index (κ2) is 3.11. The van der Waals surface area contributed by atoms with Gasteiger partial charge in [0.1, 0.15) is 6.29 Å². The largest absolute Gasteiger partial charge is 0.303 e. The molecule has 0 aromatic rings. The van der Waals surface area contributed by atoms with Gasteiger partial charge in [0, 0.05) is 5.92 Å². The second-order valence-corrected chi connectivity index (χ2v) is 7.09. The first kappa shape index (κ1) is 10.8. The average Bonchev–Trinajstić information content (AvgIpc) is 2.62. The molecule has 1 heteroatoms. The lowest BCUT2D eigenvalue weighted by molar-refractivity contribution is -0.110. The van der Waals surface area contributed by atoms with Crippen LogP contribution in [0.15, 0.2) is 0 Å². The first-order valence-corrected chi connectivity index (χ1v) is 6.99. The Hall–Kier alpha value is -0.330. The van der Waals surface area contributed by atoms with E-state index in [4.69, 9.17) is 0 Å². The maximum Gasteiger partial charge on any atom is 0.122 e. The number of carbonyl (C=O) groups is 1. The van der Waals surface area contributed by atoms with E-state index in [1.165, 1.54) is 25.7 Å². The minimum atomic E-state index is 0.266. The lowest BCUT2D eigenvalue weighted by Crippen LogP contribution is -2.27. The van der Waals surface area contributed by atoms with Crippen molar-refractivity contribution in [2.45, 2.75) is 52.9 Å². The van der Waals surface area contributed by atoms with Gasteiger partial charge in [-0.3, -0.25) is 0 Å². The van der Waals surface area contributed by atoms with Gasteiger partial charge in [0.05, 0.1) is 0 Å². The van der Waals surface area contributed by atoms with Crippen LogP contribution in [0.3, 0.4) is 0 Å². The molecule has 0 heterocycles. The van der Waals surface area contributed by atoms with Gasteiger partial charge in [0.25, 0.3) is 0 Å². The molecule has 0 saturated heterocycles. The van der Waals surface area contributed by atoms with E-state index < -0.39 is 0 Å². The molecule has 4 rings (SSSR count). The molecule has 4 atom stereocenters. The summed E-state index contributed by atoms with van der Waals surface area (Å²) in [5.74, 6) is 3.43. The summed E-state index contributed by atoms with van der Waals surface area (Å²) in [6.07, 6.45) is 7.85. The molecule has 4 aliphatic carbocycles. The number of rotatable bonds is 5. The van der Waals surface area contributed by atoms with E-state index in [1.807, 2.05) is 6.92 Å². The summed E-state index contributed by atoms with van der Waals surface area (Å²) in [6.45, 7) is 7.13. The third kappa shape index (κ3) is 1.05. The highest BCUT2D eigenvalue weighted by atomic mass is 16.1. The van der Waals surface area contributed by atoms with E-state index >= 15 is 0 Å². The van der Waals surface area contributed by atoms with Crippen LogP contribution in [-0.4, -0.2) is 6.29 Å². The molecule has 4 bridgehead atoms. The van der Waals surface area contributed by atoms with Crippen LogP contribution >= 0.6 is 0 Å². The van der Waals surface area contributed by atoms with E-state index in [0.717, 1.165) is 30.5 Å². The molecule has 90 valence electrons. The zero-order chi connectivity index (χ0) is 11.6. The van der Waals surface area contributed by atoms with Crippen LogP contribution in [0.1, 0.15) is 52.9 Å². The Morgan fingerprint density at radius 1 is 1.31 bits per heavy atom. The minimum absolute atomic E-state index is 0.266. The standard InChI is InChI=1S/C15H24O/c1-10(9-16)5-4-6-14(2)11-7-12-13(8-11)15(12,14)3/h9-13H,4-8H2,1-3H3. The van der Waals surface area contributed by atoms with Crippen molar-refractivity contribution in [3.05, 3.63) is 0 Å². The minimum Gasteiger partial charge on any atom is -0.303 e. The maximum absolute atomic E-state index is 10.6. The molecule has 0 radical (unpaired) electrons. The van der Waals surface area contributed by atoms with Gasteiger partial charge in [0.2, 0.25) is 0 Å². The summed E-state index contributed by atoms with van der Waals surface area (Å²) >= 11 is 0. The highest BCUT2D eigenvalue weighted by Gasteiger charge is 2.80. The van der Waals surface area contributed by atoms with Crippen LogP contribution < -0.4 is 0 Å². The molecule has 4 saturated carbocycles. The summed E-state index contributed by atoms with van der Waals surface area (Å²) in [6, 6.07) is 0. The van der Waals surface area contributed by atoms with Crippen molar-refractivity contribution in [2.75, 3.05) is 0 Å². The van der Waals surface area contributed by atoms with E-state index in [1.54, 1.807) is 0 Å². The monoisotopic (exact) mass is 220 g/mol. The lowest BCUT2D eigenvalue weighted by Gasteiger charge is -2.34. The number of carbonyl (C=O) groups excluding carboxylic acids is 1. The van der Waals surface area contributed by atoms with Crippen LogP contribution in [-0.2, 0) is 4.79 Å². The second-order valence-electron chi connectivity index (χ2n) is 7.09. The van der Waals surface area contributed by atoms with Gasteiger partial charge in [-0.05, 0) is 54.3 Å². The highest BCUT2D eigenvalue weighted by Crippen LogP contribution is 2.87. The van der Waals surface area contributed by atoms with Gasteiger partial charge in [-0.1, -0.05) is 27.2 Å². The zero-order valence-corrected chi connectivity index (χ0v) is 10.8. The van der Waals surface area contributed by atoms with E-state index in [2.05, 4.69) is 13.8 Å². The number of hydrogen-bond donors (Lipinski definition) is 0. The predicted molar refractivity (Wildman–Crippen MR) is 65.0 cm³/mol. The van der Waals surface area contributed by atoms with Gasteiger partial charge >= 0.3 is 0 Å². The Kier molecular flexibility index (Phi) is 2.10. The fourth-order valence-electron chi connectivity index (χ4n) is 5.37. The number of hydrogen-bond acceptors (Lipinski definition) is 1. The molecule has 4 unspecified atom stereocenters. The summed E-state index contributed by atoms with van der Waals surface area (Å²) in [7, 11) is 0. The fourth-order valence-corrected chi connectivity index (χ4v) is 5.37. The Balaban J connectivity index is 1.61. The zero-order valence-electron chi connectivity index (χ0n) is 10.8. The van der Waals surface area contributed by atoms with Gasteiger partial charge in [-0.2, -0.15) is 0 Å². The molecule has 16 heavy (non-hydrogen) atoms. The van der Waals surface area contributed by atoms with Gasteiger partial charge in [-0.15, -0.1) is 0 Å². The summed E-state index contributed by atoms with van der Waals surface area (Å²) < 4.78 is 0. The molecule has 4 fully saturated rings. The van der Waals surface area contributed by atoms with Crippen LogP contribution in [0.25, 0.3) is 0 Å². The molecule has 0 aliphatic heterocycles. The van der Waals surface area contributed by atoms with Crippen molar-refractivity contribution in [1.29, 1.82) is 0 Å². The third-order valence-electron chi connectivity index (χ3n) is 6.71.